The first-order valence-electron chi connectivity index (χ1n) is 18.2. The lowest BCUT2D eigenvalue weighted by Gasteiger charge is -2.42. The first kappa shape index (κ1) is 36.2. The van der Waals surface area contributed by atoms with Crippen molar-refractivity contribution in [2.45, 2.75) is 76.1 Å². The Balaban J connectivity index is 1.22. The molecule has 15 heteroatoms. The van der Waals surface area contributed by atoms with E-state index in [-0.39, 0.29) is 78.3 Å². The molecule has 54 heavy (non-hydrogen) atoms. The molecule has 1 amide bonds. The van der Waals surface area contributed by atoms with Crippen LogP contribution in [0.4, 0.5) is 28.2 Å². The molecule has 11 nitrogen and oxygen atoms in total. The van der Waals surface area contributed by atoms with Crippen LogP contribution in [0.1, 0.15) is 52.9 Å². The van der Waals surface area contributed by atoms with Gasteiger partial charge >= 0.3 is 12.1 Å². The van der Waals surface area contributed by atoms with E-state index in [0.717, 1.165) is 19.3 Å². The number of benzene rings is 2. The fourth-order valence-electron chi connectivity index (χ4n) is 8.62. The number of aromatic nitrogens is 3. The number of nitrogens with zero attached hydrogens (tertiary/aromatic N) is 6. The average Bonchev–Trinajstić information content (AvgIpc) is 3.77. The van der Waals surface area contributed by atoms with Crippen LogP contribution in [-0.4, -0.2) is 101 Å². The summed E-state index contributed by atoms with van der Waals surface area (Å²) in [7, 11) is 1.47. The van der Waals surface area contributed by atoms with Crippen molar-refractivity contribution < 1.29 is 41.3 Å². The van der Waals surface area contributed by atoms with Crippen molar-refractivity contribution in [1.29, 1.82) is 0 Å². The third-order valence-corrected chi connectivity index (χ3v) is 10.9. The van der Waals surface area contributed by atoms with Gasteiger partial charge in [-0.1, -0.05) is 12.1 Å². The summed E-state index contributed by atoms with van der Waals surface area (Å²) in [6, 6.07) is 7.21. The average molecular weight is 751 g/mol. The van der Waals surface area contributed by atoms with Crippen LogP contribution in [0.3, 0.4) is 0 Å². The Bertz CT molecular complexity index is 2150. The fourth-order valence-corrected chi connectivity index (χ4v) is 8.62. The molecular weight excluding hydrogens is 708 g/mol. The number of amides is 1. The van der Waals surface area contributed by atoms with E-state index in [0.29, 0.717) is 48.4 Å². The van der Waals surface area contributed by atoms with Crippen LogP contribution in [-0.2, 0) is 9.47 Å². The summed E-state index contributed by atoms with van der Waals surface area (Å²) >= 11 is 0. The van der Waals surface area contributed by atoms with E-state index in [1.54, 1.807) is 23.1 Å². The minimum Gasteiger partial charge on any atom is -0.468 e. The number of carbonyl (C=O) groups excluding carboxylic acids is 1. The minimum absolute atomic E-state index is 0.0285. The molecular formula is C39H42F4N6O5. The lowest BCUT2D eigenvalue weighted by Crippen LogP contribution is -2.57. The molecule has 4 aliphatic rings. The monoisotopic (exact) mass is 750 g/mol. The predicted molar refractivity (Wildman–Crippen MR) is 193 cm³/mol. The van der Waals surface area contributed by atoms with Gasteiger partial charge in [-0.15, -0.1) is 0 Å². The molecule has 2 aromatic heterocycles. The van der Waals surface area contributed by atoms with Gasteiger partial charge < -0.3 is 23.8 Å². The normalized spacial score (nSPS) is 22.7. The Morgan fingerprint density at radius 2 is 1.83 bits per heavy atom. The van der Waals surface area contributed by atoms with Gasteiger partial charge in [0.1, 0.15) is 40.8 Å². The van der Waals surface area contributed by atoms with Crippen molar-refractivity contribution in [2.24, 2.45) is 0 Å². The van der Waals surface area contributed by atoms with Crippen molar-refractivity contribution in [3.05, 3.63) is 59.8 Å². The summed E-state index contributed by atoms with van der Waals surface area (Å²) in [5.74, 6) is -0.699. The summed E-state index contributed by atoms with van der Waals surface area (Å²) < 4.78 is 82.8. The molecule has 3 unspecified atom stereocenters. The minimum atomic E-state index is -1.67. The van der Waals surface area contributed by atoms with Gasteiger partial charge in [0.15, 0.2) is 12.6 Å². The number of carbonyl (C=O) groups is 1. The van der Waals surface area contributed by atoms with Crippen molar-refractivity contribution >= 4 is 33.6 Å². The second-order valence-electron chi connectivity index (χ2n) is 15.6. The van der Waals surface area contributed by atoms with E-state index in [9.17, 15) is 13.6 Å². The Morgan fingerprint density at radius 1 is 1.06 bits per heavy atom. The van der Waals surface area contributed by atoms with E-state index in [2.05, 4.69) is 9.97 Å². The van der Waals surface area contributed by atoms with Gasteiger partial charge in [0.05, 0.1) is 23.0 Å². The number of halogens is 4. The lowest BCUT2D eigenvalue weighted by molar-refractivity contribution is 0.0122. The zero-order chi connectivity index (χ0) is 37.9. The van der Waals surface area contributed by atoms with Gasteiger partial charge in [0.2, 0.25) is 0 Å². The molecule has 0 saturated carbocycles. The first-order valence-corrected chi connectivity index (χ1v) is 18.2. The molecule has 3 atom stereocenters. The highest BCUT2D eigenvalue weighted by atomic mass is 19.3. The highest BCUT2D eigenvalue weighted by Gasteiger charge is 2.49. The van der Waals surface area contributed by atoms with Crippen LogP contribution < -0.4 is 14.4 Å². The second kappa shape index (κ2) is 13.8. The number of anilines is 1. The molecule has 6 heterocycles. The van der Waals surface area contributed by atoms with Crippen LogP contribution in [0.5, 0.6) is 11.8 Å². The molecule has 8 rings (SSSR count). The van der Waals surface area contributed by atoms with Gasteiger partial charge in [-0.3, -0.25) is 14.8 Å². The molecule has 0 radical (unpaired) electrons. The predicted octanol–water partition coefficient (Wildman–Crippen LogP) is 7.46. The number of hydrogen-bond donors (Lipinski definition) is 0. The number of pyridine rings is 1. The number of ether oxygens (including phenoxy) is 4. The number of hydrogen-bond acceptors (Lipinski definition) is 10. The third-order valence-electron chi connectivity index (χ3n) is 10.9. The van der Waals surface area contributed by atoms with E-state index >= 15 is 8.78 Å². The Kier molecular flexibility index (Phi) is 9.28. The van der Waals surface area contributed by atoms with Gasteiger partial charge in [0, 0.05) is 49.5 Å². The molecule has 2 bridgehead atoms. The number of methoxy groups -OCH3 is 1. The number of piperazine rings is 1. The summed E-state index contributed by atoms with van der Waals surface area (Å²) in [5, 5.41) is 0.927. The standard InChI is InChI=1S/C39H42F4N6O5/c1-38(2,3)54-37(50)49-24-9-10-25(49)19-47(18-24)35-28-16-44-32(27-14-26(53-21-51-4)13-22-7-5-8-29(40)30(22)27)31(41)33(28)45-36(46-35)52-20-39-11-6-12-48(39)17-23(15-39)34(42)43/h5,7-8,13-14,16,24-25H,6,9-12,15,17-21H2,1-4H3. The van der Waals surface area contributed by atoms with E-state index in [1.165, 1.54) is 25.4 Å². The quantitative estimate of drug-likeness (QED) is 0.133. The number of rotatable bonds is 8. The van der Waals surface area contributed by atoms with Crippen molar-refractivity contribution in [2.75, 3.05) is 51.6 Å². The maximum Gasteiger partial charge on any atom is 0.410 e. The van der Waals surface area contributed by atoms with E-state index < -0.39 is 28.9 Å². The van der Waals surface area contributed by atoms with Crippen molar-refractivity contribution in [1.82, 2.24) is 24.8 Å². The first-order chi connectivity index (χ1) is 25.8. The van der Waals surface area contributed by atoms with Crippen LogP contribution in [0.2, 0.25) is 0 Å². The highest BCUT2D eigenvalue weighted by molar-refractivity contribution is 6.00. The largest absolute Gasteiger partial charge is 0.468 e. The van der Waals surface area contributed by atoms with Crippen molar-refractivity contribution in [3.63, 3.8) is 0 Å². The molecule has 0 N–H and O–H groups in total. The van der Waals surface area contributed by atoms with E-state index in [4.69, 9.17) is 23.9 Å². The topological polar surface area (TPSA) is 102 Å². The van der Waals surface area contributed by atoms with Gasteiger partial charge in [-0.05, 0) is 83.0 Å². The molecule has 286 valence electrons. The second-order valence-corrected chi connectivity index (χ2v) is 15.6. The zero-order valence-corrected chi connectivity index (χ0v) is 30.6. The van der Waals surface area contributed by atoms with Gasteiger partial charge in [0.25, 0.3) is 6.08 Å². The SMILES string of the molecule is COCOc1cc(-c2ncc3c(N4CC5CCC(C4)N5C(=O)OC(C)(C)C)nc(OCC45CCCN4CC(=C(F)F)C5)nc3c2F)c2c(F)cccc2c1. The fraction of sp³-hybridized carbons (Fsp3) is 0.487. The Labute approximate surface area is 309 Å². The lowest BCUT2D eigenvalue weighted by atomic mass is 9.94. The maximum absolute atomic E-state index is 17.1. The van der Waals surface area contributed by atoms with Crippen LogP contribution in [0.15, 0.2) is 48.2 Å². The smallest absolute Gasteiger partial charge is 0.410 e. The van der Waals surface area contributed by atoms with Gasteiger partial charge in [-0.2, -0.15) is 18.7 Å². The molecule has 0 aliphatic carbocycles. The zero-order valence-electron chi connectivity index (χ0n) is 30.6. The number of fused-ring (bicyclic) bond motifs is 5. The molecule has 4 fully saturated rings. The van der Waals surface area contributed by atoms with Crippen molar-refractivity contribution in [3.8, 4) is 23.0 Å². The molecule has 4 aromatic rings. The molecule has 4 aliphatic heterocycles. The highest BCUT2D eigenvalue weighted by Crippen LogP contribution is 2.44. The van der Waals surface area contributed by atoms with Crippen LogP contribution in [0.25, 0.3) is 32.9 Å². The molecule has 2 aromatic carbocycles. The maximum atomic E-state index is 17.1. The molecule has 4 saturated heterocycles. The Hall–Kier alpha value is -4.76. The van der Waals surface area contributed by atoms with Crippen LogP contribution >= 0.6 is 0 Å². The van der Waals surface area contributed by atoms with E-state index in [1.807, 2.05) is 30.6 Å². The summed E-state index contributed by atoms with van der Waals surface area (Å²) in [6.45, 7) is 7.04. The Morgan fingerprint density at radius 3 is 2.56 bits per heavy atom. The third kappa shape index (κ3) is 6.54. The summed E-state index contributed by atoms with van der Waals surface area (Å²) in [5.41, 5.74) is -1.33. The van der Waals surface area contributed by atoms with Gasteiger partial charge in [-0.25, -0.2) is 13.6 Å². The summed E-state index contributed by atoms with van der Waals surface area (Å²) in [4.78, 5) is 33.0. The molecule has 0 spiro atoms. The summed E-state index contributed by atoms with van der Waals surface area (Å²) in [6.07, 6.45) is 2.58. The van der Waals surface area contributed by atoms with Crippen LogP contribution in [0, 0.1) is 11.6 Å².